The molecule has 1 fully saturated rings. The van der Waals surface area contributed by atoms with Crippen molar-refractivity contribution in [3.05, 3.63) is 28.8 Å². The highest BCUT2D eigenvalue weighted by Crippen LogP contribution is 2.28. The molecule has 2 unspecified atom stereocenters. The summed E-state index contributed by atoms with van der Waals surface area (Å²) >= 11 is 5.87. The molecule has 2 rings (SSSR count). The highest BCUT2D eigenvalue weighted by molar-refractivity contribution is 6.31. The van der Waals surface area contributed by atoms with Crippen molar-refractivity contribution < 1.29 is 9.90 Å². The van der Waals surface area contributed by atoms with Crippen molar-refractivity contribution >= 4 is 17.5 Å². The fourth-order valence-corrected chi connectivity index (χ4v) is 2.99. The second kappa shape index (κ2) is 6.29. The number of benzene rings is 1. The predicted molar refractivity (Wildman–Crippen MR) is 76.6 cm³/mol. The monoisotopic (exact) mass is 281 g/mol. The Morgan fingerprint density at radius 2 is 2.16 bits per heavy atom. The van der Waals surface area contributed by atoms with E-state index in [1.807, 2.05) is 0 Å². The van der Waals surface area contributed by atoms with Gasteiger partial charge in [-0.15, -0.1) is 0 Å². The van der Waals surface area contributed by atoms with Gasteiger partial charge in [-0.25, -0.2) is 0 Å². The number of amides is 1. The van der Waals surface area contributed by atoms with Crippen LogP contribution in [0.2, 0.25) is 5.02 Å². The van der Waals surface area contributed by atoms with Gasteiger partial charge in [-0.05, 0) is 37.0 Å². The average molecular weight is 282 g/mol. The summed E-state index contributed by atoms with van der Waals surface area (Å²) in [6, 6.07) is 4.75. The van der Waals surface area contributed by atoms with Crippen LogP contribution in [0, 0.1) is 5.92 Å². The second-order valence-corrected chi connectivity index (χ2v) is 5.63. The van der Waals surface area contributed by atoms with Crippen molar-refractivity contribution in [3.8, 4) is 5.75 Å². The fourth-order valence-electron chi connectivity index (χ4n) is 2.82. The Hall–Kier alpha value is -1.22. The van der Waals surface area contributed by atoms with Crippen LogP contribution >= 0.6 is 11.6 Å². The zero-order valence-electron chi connectivity index (χ0n) is 11.2. The number of carbonyl (C=O) groups excluding carboxylic acids is 1. The van der Waals surface area contributed by atoms with Crippen LogP contribution in [0.25, 0.3) is 0 Å². The molecule has 0 saturated heterocycles. The summed E-state index contributed by atoms with van der Waals surface area (Å²) in [4.78, 5) is 12.2. The molecule has 0 aliphatic heterocycles. The fraction of sp³-hybridized carbons (Fsp3) is 0.533. The maximum atomic E-state index is 12.2. The SMILES string of the molecule is CCC1CCCCC1NC(=O)c1cc(Cl)ccc1O. The van der Waals surface area contributed by atoms with Gasteiger partial charge in [-0.2, -0.15) is 0 Å². The van der Waals surface area contributed by atoms with Gasteiger partial charge in [-0.1, -0.05) is 37.8 Å². The number of rotatable bonds is 3. The lowest BCUT2D eigenvalue weighted by Gasteiger charge is -2.31. The van der Waals surface area contributed by atoms with E-state index in [0.29, 0.717) is 10.9 Å². The number of aromatic hydroxyl groups is 1. The van der Waals surface area contributed by atoms with Crippen LogP contribution in [0.5, 0.6) is 5.75 Å². The largest absolute Gasteiger partial charge is 0.507 e. The lowest BCUT2D eigenvalue weighted by Crippen LogP contribution is -2.41. The molecule has 2 N–H and O–H groups in total. The minimum absolute atomic E-state index is 0.0224. The topological polar surface area (TPSA) is 49.3 Å². The maximum absolute atomic E-state index is 12.2. The predicted octanol–water partition coefficient (Wildman–Crippen LogP) is 3.74. The molecule has 19 heavy (non-hydrogen) atoms. The van der Waals surface area contributed by atoms with Crippen LogP contribution in [0.15, 0.2) is 18.2 Å². The van der Waals surface area contributed by atoms with Gasteiger partial charge >= 0.3 is 0 Å². The molecule has 1 aromatic rings. The summed E-state index contributed by atoms with van der Waals surface area (Å²) in [6.07, 6.45) is 5.66. The average Bonchev–Trinajstić information content (AvgIpc) is 2.42. The Morgan fingerprint density at radius 1 is 1.42 bits per heavy atom. The summed E-state index contributed by atoms with van der Waals surface area (Å²) in [7, 11) is 0. The maximum Gasteiger partial charge on any atom is 0.255 e. The summed E-state index contributed by atoms with van der Waals surface area (Å²) in [5, 5.41) is 13.2. The van der Waals surface area contributed by atoms with Gasteiger partial charge in [0.25, 0.3) is 5.91 Å². The quantitative estimate of drug-likeness (QED) is 0.887. The van der Waals surface area contributed by atoms with Crippen LogP contribution < -0.4 is 5.32 Å². The molecule has 4 heteroatoms. The van der Waals surface area contributed by atoms with E-state index in [4.69, 9.17) is 11.6 Å². The normalized spacial score (nSPS) is 23.1. The van der Waals surface area contributed by atoms with Crippen LogP contribution in [0.1, 0.15) is 49.4 Å². The minimum Gasteiger partial charge on any atom is -0.507 e. The molecule has 0 heterocycles. The van der Waals surface area contributed by atoms with Gasteiger partial charge in [0.1, 0.15) is 5.75 Å². The van der Waals surface area contributed by atoms with E-state index in [0.717, 1.165) is 19.3 Å². The lowest BCUT2D eigenvalue weighted by atomic mass is 9.83. The Labute approximate surface area is 119 Å². The highest BCUT2D eigenvalue weighted by Gasteiger charge is 2.26. The van der Waals surface area contributed by atoms with Gasteiger partial charge in [0.15, 0.2) is 0 Å². The molecule has 0 aromatic heterocycles. The van der Waals surface area contributed by atoms with E-state index in [1.54, 1.807) is 6.07 Å². The van der Waals surface area contributed by atoms with Crippen molar-refractivity contribution in [1.82, 2.24) is 5.32 Å². The number of hydrogen-bond donors (Lipinski definition) is 2. The van der Waals surface area contributed by atoms with E-state index in [2.05, 4.69) is 12.2 Å². The molecule has 0 spiro atoms. The van der Waals surface area contributed by atoms with Crippen molar-refractivity contribution in [1.29, 1.82) is 0 Å². The molecule has 1 amide bonds. The van der Waals surface area contributed by atoms with Crippen molar-refractivity contribution in [2.45, 2.75) is 45.1 Å². The van der Waals surface area contributed by atoms with Crippen LogP contribution in [-0.2, 0) is 0 Å². The molecule has 0 bridgehead atoms. The first-order chi connectivity index (χ1) is 9.11. The molecule has 1 aliphatic carbocycles. The van der Waals surface area contributed by atoms with E-state index >= 15 is 0 Å². The molecule has 2 atom stereocenters. The molecule has 3 nitrogen and oxygen atoms in total. The smallest absolute Gasteiger partial charge is 0.255 e. The third-order valence-electron chi connectivity index (χ3n) is 3.95. The Balaban J connectivity index is 2.09. The molecule has 1 saturated carbocycles. The Bertz CT molecular complexity index is 461. The van der Waals surface area contributed by atoms with Gasteiger partial charge in [0, 0.05) is 11.1 Å². The summed E-state index contributed by atoms with van der Waals surface area (Å²) in [5.74, 6) is 0.287. The van der Waals surface area contributed by atoms with Gasteiger partial charge in [0.2, 0.25) is 0 Å². The third-order valence-corrected chi connectivity index (χ3v) is 4.19. The van der Waals surface area contributed by atoms with E-state index in [9.17, 15) is 9.90 Å². The van der Waals surface area contributed by atoms with Crippen LogP contribution in [-0.4, -0.2) is 17.1 Å². The number of nitrogens with one attached hydrogen (secondary N) is 1. The van der Waals surface area contributed by atoms with Crippen LogP contribution in [0.3, 0.4) is 0 Å². The van der Waals surface area contributed by atoms with Gasteiger partial charge in [-0.3, -0.25) is 4.79 Å². The molecular formula is C15H20ClNO2. The van der Waals surface area contributed by atoms with Gasteiger partial charge in [0.05, 0.1) is 5.56 Å². The number of phenolic OH excluding ortho intramolecular Hbond substituents is 1. The van der Waals surface area contributed by atoms with Crippen molar-refractivity contribution in [2.24, 2.45) is 5.92 Å². The van der Waals surface area contributed by atoms with Crippen molar-refractivity contribution in [3.63, 3.8) is 0 Å². The molecule has 1 aliphatic rings. The molecule has 1 aromatic carbocycles. The van der Waals surface area contributed by atoms with E-state index in [-0.39, 0.29) is 23.3 Å². The van der Waals surface area contributed by atoms with Crippen LogP contribution in [0.4, 0.5) is 0 Å². The minimum atomic E-state index is -0.231. The van der Waals surface area contributed by atoms with E-state index in [1.165, 1.54) is 25.0 Å². The Morgan fingerprint density at radius 3 is 2.89 bits per heavy atom. The number of phenols is 1. The first-order valence-electron chi connectivity index (χ1n) is 6.91. The summed E-state index contributed by atoms with van der Waals surface area (Å²) in [6.45, 7) is 2.16. The lowest BCUT2D eigenvalue weighted by molar-refractivity contribution is 0.0902. The van der Waals surface area contributed by atoms with E-state index < -0.39 is 0 Å². The zero-order valence-corrected chi connectivity index (χ0v) is 11.9. The standard InChI is InChI=1S/C15H20ClNO2/c1-2-10-5-3-4-6-13(10)17-15(19)12-9-11(16)7-8-14(12)18/h7-10,13,18H,2-6H2,1H3,(H,17,19). The summed E-state index contributed by atoms with van der Waals surface area (Å²) < 4.78 is 0. The number of carbonyl (C=O) groups is 1. The Kier molecular flexibility index (Phi) is 4.70. The summed E-state index contributed by atoms with van der Waals surface area (Å²) in [5.41, 5.74) is 0.257. The molecule has 0 radical (unpaired) electrons. The first-order valence-corrected chi connectivity index (χ1v) is 7.29. The second-order valence-electron chi connectivity index (χ2n) is 5.19. The third kappa shape index (κ3) is 3.41. The number of halogens is 1. The first kappa shape index (κ1) is 14.2. The number of hydrogen-bond acceptors (Lipinski definition) is 2. The zero-order chi connectivity index (χ0) is 13.8. The highest BCUT2D eigenvalue weighted by atomic mass is 35.5. The molecule has 104 valence electrons. The van der Waals surface area contributed by atoms with Crippen molar-refractivity contribution in [2.75, 3.05) is 0 Å². The van der Waals surface area contributed by atoms with Gasteiger partial charge < -0.3 is 10.4 Å². The molecular weight excluding hydrogens is 262 g/mol.